The molecule has 20 heavy (non-hydrogen) atoms. The molecule has 1 saturated carbocycles. The fourth-order valence-electron chi connectivity index (χ4n) is 2.83. The van der Waals surface area contributed by atoms with Gasteiger partial charge in [-0.2, -0.15) is 0 Å². The Morgan fingerprint density at radius 2 is 2.15 bits per heavy atom. The summed E-state index contributed by atoms with van der Waals surface area (Å²) in [6.45, 7) is 4.38. The van der Waals surface area contributed by atoms with Crippen molar-refractivity contribution in [3.05, 3.63) is 29.3 Å². The van der Waals surface area contributed by atoms with Gasteiger partial charge in [-0.05, 0) is 43.4 Å². The van der Waals surface area contributed by atoms with E-state index in [1.54, 1.807) is 7.11 Å². The molecule has 3 heteroatoms. The highest BCUT2D eigenvalue weighted by atomic mass is 16.5. The maximum absolute atomic E-state index is 12.3. The van der Waals surface area contributed by atoms with E-state index in [2.05, 4.69) is 6.92 Å². The monoisotopic (exact) mass is 276 g/mol. The van der Waals surface area contributed by atoms with Crippen molar-refractivity contribution in [1.82, 2.24) is 0 Å². The molecule has 1 aliphatic carbocycles. The Hall–Kier alpha value is -1.35. The van der Waals surface area contributed by atoms with Crippen LogP contribution in [0.1, 0.15) is 48.5 Å². The Kier molecular flexibility index (Phi) is 5.18. The number of hydrogen-bond acceptors (Lipinski definition) is 3. The summed E-state index contributed by atoms with van der Waals surface area (Å²) in [6, 6.07) is 5.64. The predicted molar refractivity (Wildman–Crippen MR) is 79.4 cm³/mol. The first-order chi connectivity index (χ1) is 9.60. The summed E-state index contributed by atoms with van der Waals surface area (Å²) in [7, 11) is 1.59. The molecule has 2 atom stereocenters. The van der Waals surface area contributed by atoms with Crippen molar-refractivity contribution in [3.63, 3.8) is 0 Å². The Balaban J connectivity index is 1.94. The van der Waals surface area contributed by atoms with E-state index in [0.29, 0.717) is 17.2 Å². The van der Waals surface area contributed by atoms with Crippen molar-refractivity contribution >= 4 is 5.78 Å². The number of carbonyl (C=O) groups is 1. The van der Waals surface area contributed by atoms with Crippen LogP contribution in [0.5, 0.6) is 5.75 Å². The van der Waals surface area contributed by atoms with Crippen molar-refractivity contribution in [3.8, 4) is 5.75 Å². The van der Waals surface area contributed by atoms with Crippen molar-refractivity contribution in [2.75, 3.05) is 13.7 Å². The maximum Gasteiger partial charge on any atom is 0.192 e. The van der Waals surface area contributed by atoms with Crippen LogP contribution in [0.15, 0.2) is 18.2 Å². The van der Waals surface area contributed by atoms with Crippen LogP contribution in [-0.2, 0) is 4.74 Å². The van der Waals surface area contributed by atoms with Gasteiger partial charge in [0.05, 0.1) is 18.8 Å². The molecular weight excluding hydrogens is 252 g/mol. The van der Waals surface area contributed by atoms with Gasteiger partial charge in [0.25, 0.3) is 0 Å². The molecule has 1 aromatic carbocycles. The summed E-state index contributed by atoms with van der Waals surface area (Å²) in [5.41, 5.74) is 1.70. The highest BCUT2D eigenvalue weighted by Gasteiger charge is 2.21. The lowest BCUT2D eigenvalue weighted by atomic mass is 9.89. The number of aryl methyl sites for hydroxylation is 1. The summed E-state index contributed by atoms with van der Waals surface area (Å²) in [6.07, 6.45) is 4.85. The molecule has 1 aromatic rings. The smallest absolute Gasteiger partial charge is 0.192 e. The van der Waals surface area contributed by atoms with Crippen LogP contribution in [0.3, 0.4) is 0 Å². The van der Waals surface area contributed by atoms with E-state index in [9.17, 15) is 4.79 Å². The van der Waals surface area contributed by atoms with Gasteiger partial charge < -0.3 is 9.47 Å². The van der Waals surface area contributed by atoms with Gasteiger partial charge in [0.15, 0.2) is 5.78 Å². The average molecular weight is 276 g/mol. The Morgan fingerprint density at radius 3 is 2.85 bits per heavy atom. The second-order valence-corrected chi connectivity index (χ2v) is 5.83. The Bertz CT molecular complexity index is 467. The van der Waals surface area contributed by atoms with E-state index in [1.165, 1.54) is 12.8 Å². The van der Waals surface area contributed by atoms with Gasteiger partial charge >= 0.3 is 0 Å². The summed E-state index contributed by atoms with van der Waals surface area (Å²) < 4.78 is 11.1. The van der Waals surface area contributed by atoms with E-state index in [1.807, 2.05) is 25.1 Å². The molecule has 0 bridgehead atoms. The van der Waals surface area contributed by atoms with E-state index >= 15 is 0 Å². The maximum atomic E-state index is 12.3. The van der Waals surface area contributed by atoms with E-state index in [0.717, 1.165) is 18.4 Å². The molecule has 0 N–H and O–H groups in total. The zero-order valence-corrected chi connectivity index (χ0v) is 12.6. The topological polar surface area (TPSA) is 35.5 Å². The third-order valence-electron chi connectivity index (χ3n) is 4.00. The van der Waals surface area contributed by atoms with Crippen LogP contribution in [0, 0.1) is 12.8 Å². The minimum Gasteiger partial charge on any atom is -0.496 e. The molecule has 1 fully saturated rings. The first-order valence-electron chi connectivity index (χ1n) is 7.39. The summed E-state index contributed by atoms with van der Waals surface area (Å²) in [5, 5.41) is 0. The van der Waals surface area contributed by atoms with Gasteiger partial charge in [-0.25, -0.2) is 0 Å². The number of ether oxygens (including phenoxy) is 2. The molecule has 1 aliphatic rings. The fourth-order valence-corrected chi connectivity index (χ4v) is 2.83. The Labute approximate surface area is 121 Å². The third-order valence-corrected chi connectivity index (χ3v) is 4.00. The summed E-state index contributed by atoms with van der Waals surface area (Å²) in [5.74, 6) is 1.34. The van der Waals surface area contributed by atoms with Crippen molar-refractivity contribution in [2.24, 2.45) is 5.92 Å². The van der Waals surface area contributed by atoms with Crippen LogP contribution < -0.4 is 4.74 Å². The van der Waals surface area contributed by atoms with E-state index in [-0.39, 0.29) is 18.5 Å². The van der Waals surface area contributed by atoms with Crippen LogP contribution in [-0.4, -0.2) is 25.6 Å². The van der Waals surface area contributed by atoms with E-state index < -0.39 is 0 Å². The summed E-state index contributed by atoms with van der Waals surface area (Å²) in [4.78, 5) is 12.3. The van der Waals surface area contributed by atoms with Gasteiger partial charge in [0.2, 0.25) is 0 Å². The number of methoxy groups -OCH3 is 1. The lowest BCUT2D eigenvalue weighted by molar-refractivity contribution is 0.0181. The zero-order chi connectivity index (χ0) is 14.5. The molecule has 0 spiro atoms. The molecule has 2 unspecified atom stereocenters. The molecule has 0 aromatic heterocycles. The zero-order valence-electron chi connectivity index (χ0n) is 12.6. The quantitative estimate of drug-likeness (QED) is 0.768. The highest BCUT2D eigenvalue weighted by Crippen LogP contribution is 2.26. The molecular formula is C17H24O3. The third kappa shape index (κ3) is 3.83. The largest absolute Gasteiger partial charge is 0.496 e. The minimum atomic E-state index is 0.0000709. The minimum absolute atomic E-state index is 0.0000709. The Morgan fingerprint density at radius 1 is 1.35 bits per heavy atom. The molecule has 0 aliphatic heterocycles. The SMILES string of the molecule is COc1cc(C)ccc1C(=O)COC1CCCC(C)C1. The first kappa shape index (κ1) is 15.0. The number of rotatable bonds is 5. The lowest BCUT2D eigenvalue weighted by Gasteiger charge is -2.26. The summed E-state index contributed by atoms with van der Waals surface area (Å²) >= 11 is 0. The normalized spacial score (nSPS) is 22.6. The number of carbonyl (C=O) groups excluding carboxylic acids is 1. The number of benzene rings is 1. The standard InChI is InChI=1S/C17H24O3/c1-12-5-4-6-14(9-12)20-11-16(18)15-8-7-13(2)10-17(15)19-3/h7-8,10,12,14H,4-6,9,11H2,1-3H3. The van der Waals surface area contributed by atoms with Crippen molar-refractivity contribution in [2.45, 2.75) is 45.6 Å². The lowest BCUT2D eigenvalue weighted by Crippen LogP contribution is -2.24. The average Bonchev–Trinajstić information content (AvgIpc) is 2.44. The van der Waals surface area contributed by atoms with Crippen LogP contribution >= 0.6 is 0 Å². The number of hydrogen-bond donors (Lipinski definition) is 0. The van der Waals surface area contributed by atoms with E-state index in [4.69, 9.17) is 9.47 Å². The molecule has 0 radical (unpaired) electrons. The number of ketones is 1. The highest BCUT2D eigenvalue weighted by molar-refractivity contribution is 5.99. The molecule has 3 nitrogen and oxygen atoms in total. The molecule has 0 amide bonds. The first-order valence-corrected chi connectivity index (χ1v) is 7.39. The van der Waals surface area contributed by atoms with Gasteiger partial charge in [-0.1, -0.05) is 25.8 Å². The molecule has 2 rings (SSSR count). The molecule has 0 saturated heterocycles. The number of Topliss-reactive ketones (excluding diaryl/α,β-unsaturated/α-hetero) is 1. The van der Waals surface area contributed by atoms with Crippen molar-refractivity contribution in [1.29, 1.82) is 0 Å². The van der Waals surface area contributed by atoms with Gasteiger partial charge in [0.1, 0.15) is 12.4 Å². The second kappa shape index (κ2) is 6.89. The van der Waals surface area contributed by atoms with Crippen molar-refractivity contribution < 1.29 is 14.3 Å². The predicted octanol–water partition coefficient (Wildman–Crippen LogP) is 3.78. The van der Waals surface area contributed by atoms with Gasteiger partial charge in [0, 0.05) is 0 Å². The van der Waals surface area contributed by atoms with Gasteiger partial charge in [-0.15, -0.1) is 0 Å². The van der Waals surface area contributed by atoms with Crippen LogP contribution in [0.25, 0.3) is 0 Å². The van der Waals surface area contributed by atoms with Crippen LogP contribution in [0.2, 0.25) is 0 Å². The molecule has 0 heterocycles. The fraction of sp³-hybridized carbons (Fsp3) is 0.588. The van der Waals surface area contributed by atoms with Gasteiger partial charge in [-0.3, -0.25) is 4.79 Å². The van der Waals surface area contributed by atoms with Crippen LogP contribution in [0.4, 0.5) is 0 Å². The molecule has 110 valence electrons. The second-order valence-electron chi connectivity index (χ2n) is 5.83.